The van der Waals surface area contributed by atoms with Crippen LogP contribution in [-0.4, -0.2) is 62.9 Å². The number of fused-ring (bicyclic) bond motifs is 1. The molecule has 27 heavy (non-hydrogen) atoms. The van der Waals surface area contributed by atoms with Crippen molar-refractivity contribution in [1.29, 1.82) is 0 Å². The quantitative estimate of drug-likeness (QED) is 0.751. The van der Waals surface area contributed by atoms with Gasteiger partial charge in [0, 0.05) is 32.1 Å². The van der Waals surface area contributed by atoms with Crippen molar-refractivity contribution in [3.05, 3.63) is 18.6 Å². The molecule has 4 heterocycles. The summed E-state index contributed by atoms with van der Waals surface area (Å²) in [6.07, 6.45) is 6.01. The fraction of sp³-hybridized carbons (Fsp3) is 0.632. The molecule has 2 fully saturated rings. The molecule has 146 valence electrons. The van der Waals surface area contributed by atoms with E-state index in [2.05, 4.69) is 25.2 Å². The van der Waals surface area contributed by atoms with Gasteiger partial charge < -0.3 is 25.0 Å². The van der Waals surface area contributed by atoms with Gasteiger partial charge in [0.2, 0.25) is 5.91 Å². The van der Waals surface area contributed by atoms with E-state index in [1.807, 2.05) is 12.3 Å². The van der Waals surface area contributed by atoms with E-state index in [1.165, 1.54) is 0 Å². The first-order valence-electron chi connectivity index (χ1n) is 9.61. The minimum absolute atomic E-state index is 0.0612. The monoisotopic (exact) mass is 373 g/mol. The van der Waals surface area contributed by atoms with E-state index in [4.69, 9.17) is 4.74 Å². The van der Waals surface area contributed by atoms with Crippen molar-refractivity contribution >= 4 is 22.8 Å². The molecule has 0 saturated carbocycles. The lowest BCUT2D eigenvalue weighted by molar-refractivity contribution is -0.180. The Bertz CT molecular complexity index is 826. The lowest BCUT2D eigenvalue weighted by Crippen LogP contribution is -2.64. The first-order chi connectivity index (χ1) is 12.9. The van der Waals surface area contributed by atoms with Gasteiger partial charge in [-0.05, 0) is 25.8 Å². The maximum atomic E-state index is 11.7. The average Bonchev–Trinajstić information content (AvgIpc) is 3.13. The van der Waals surface area contributed by atoms with Gasteiger partial charge in [-0.3, -0.25) is 4.79 Å². The SMILES string of the molecule is CCC(=O)N[C@H]1COC2(CCN(c3ncnc4[nH]ccc34)CC2)C[C@]1(C)O. The van der Waals surface area contributed by atoms with Gasteiger partial charge in [0.25, 0.3) is 0 Å². The molecule has 2 aromatic heterocycles. The van der Waals surface area contributed by atoms with E-state index in [-0.39, 0.29) is 17.6 Å². The molecule has 2 atom stereocenters. The average molecular weight is 373 g/mol. The number of carbonyl (C=O) groups excluding carboxylic acids is 1. The Morgan fingerprint density at radius 3 is 2.93 bits per heavy atom. The van der Waals surface area contributed by atoms with Crippen LogP contribution in [0.1, 0.15) is 39.5 Å². The molecular formula is C19H27N5O3. The fourth-order valence-electron chi connectivity index (χ4n) is 4.32. The Morgan fingerprint density at radius 1 is 1.44 bits per heavy atom. The molecule has 2 aliphatic heterocycles. The number of hydrogen-bond donors (Lipinski definition) is 3. The van der Waals surface area contributed by atoms with E-state index in [0.717, 1.165) is 42.8 Å². The predicted octanol–water partition coefficient (Wildman–Crippen LogP) is 1.36. The van der Waals surface area contributed by atoms with Crippen molar-refractivity contribution in [1.82, 2.24) is 20.3 Å². The standard InChI is InChI=1S/C19H27N5O3/c1-3-15(25)23-14-10-27-19(11-18(14,2)26)5-8-24(9-6-19)17-13-4-7-20-16(13)21-12-22-17/h4,7,12,14,26H,3,5-6,8-11H2,1-2H3,(H,23,25)(H,20,21,22)/t14-,18-/m0/s1. The van der Waals surface area contributed by atoms with Crippen molar-refractivity contribution in [3.63, 3.8) is 0 Å². The zero-order chi connectivity index (χ0) is 19.1. The van der Waals surface area contributed by atoms with E-state index in [9.17, 15) is 9.90 Å². The molecule has 0 radical (unpaired) electrons. The number of nitrogens with zero attached hydrogens (tertiary/aromatic N) is 3. The molecule has 0 aromatic carbocycles. The number of ether oxygens (including phenoxy) is 1. The highest BCUT2D eigenvalue weighted by Crippen LogP contribution is 2.40. The Balaban J connectivity index is 1.44. The molecule has 3 N–H and O–H groups in total. The second-order valence-corrected chi connectivity index (χ2v) is 7.93. The zero-order valence-corrected chi connectivity index (χ0v) is 15.9. The summed E-state index contributed by atoms with van der Waals surface area (Å²) in [5, 5.41) is 14.9. The summed E-state index contributed by atoms with van der Waals surface area (Å²) < 4.78 is 6.22. The highest BCUT2D eigenvalue weighted by molar-refractivity contribution is 5.87. The van der Waals surface area contributed by atoms with Crippen LogP contribution in [0.3, 0.4) is 0 Å². The predicted molar refractivity (Wildman–Crippen MR) is 101 cm³/mol. The topological polar surface area (TPSA) is 103 Å². The Hall–Kier alpha value is -2.19. The normalized spacial score (nSPS) is 27.8. The number of carbonyl (C=O) groups is 1. The van der Waals surface area contributed by atoms with Gasteiger partial charge in [0.1, 0.15) is 17.8 Å². The number of aliphatic hydroxyl groups is 1. The third kappa shape index (κ3) is 3.39. The summed E-state index contributed by atoms with van der Waals surface area (Å²) >= 11 is 0. The molecular weight excluding hydrogens is 346 g/mol. The van der Waals surface area contributed by atoms with E-state index < -0.39 is 5.60 Å². The number of piperidine rings is 1. The molecule has 2 aliphatic rings. The third-order valence-corrected chi connectivity index (χ3v) is 5.95. The molecule has 8 nitrogen and oxygen atoms in total. The lowest BCUT2D eigenvalue weighted by atomic mass is 9.75. The second kappa shape index (κ2) is 6.76. The molecule has 1 spiro atoms. The largest absolute Gasteiger partial charge is 0.388 e. The highest BCUT2D eigenvalue weighted by atomic mass is 16.5. The molecule has 2 aromatic rings. The second-order valence-electron chi connectivity index (χ2n) is 7.93. The number of aromatic nitrogens is 3. The van der Waals surface area contributed by atoms with Gasteiger partial charge >= 0.3 is 0 Å². The van der Waals surface area contributed by atoms with Crippen molar-refractivity contribution < 1.29 is 14.6 Å². The highest BCUT2D eigenvalue weighted by Gasteiger charge is 2.49. The zero-order valence-electron chi connectivity index (χ0n) is 15.9. The molecule has 4 rings (SSSR count). The van der Waals surface area contributed by atoms with E-state index in [0.29, 0.717) is 19.4 Å². The number of rotatable bonds is 3. The Kier molecular flexibility index (Phi) is 4.55. The van der Waals surface area contributed by atoms with Gasteiger partial charge in [-0.25, -0.2) is 9.97 Å². The number of amides is 1. The Morgan fingerprint density at radius 2 is 2.22 bits per heavy atom. The van der Waals surface area contributed by atoms with Crippen molar-refractivity contribution in [2.75, 3.05) is 24.6 Å². The number of aromatic amines is 1. The van der Waals surface area contributed by atoms with Crippen LogP contribution in [0.2, 0.25) is 0 Å². The van der Waals surface area contributed by atoms with Gasteiger partial charge in [-0.1, -0.05) is 6.92 Å². The van der Waals surface area contributed by atoms with E-state index >= 15 is 0 Å². The smallest absolute Gasteiger partial charge is 0.220 e. The van der Waals surface area contributed by atoms with Crippen LogP contribution in [0.15, 0.2) is 18.6 Å². The summed E-state index contributed by atoms with van der Waals surface area (Å²) in [6, 6.07) is 1.63. The van der Waals surface area contributed by atoms with Crippen LogP contribution in [0.25, 0.3) is 11.0 Å². The number of H-pyrrole nitrogens is 1. The molecule has 1 amide bonds. The minimum atomic E-state index is -0.978. The number of anilines is 1. The van der Waals surface area contributed by atoms with E-state index in [1.54, 1.807) is 20.2 Å². The maximum absolute atomic E-state index is 11.7. The van der Waals surface area contributed by atoms with Gasteiger partial charge in [0.15, 0.2) is 0 Å². The summed E-state index contributed by atoms with van der Waals surface area (Å²) in [5.74, 6) is 0.876. The summed E-state index contributed by atoms with van der Waals surface area (Å²) in [7, 11) is 0. The molecule has 0 aliphatic carbocycles. The maximum Gasteiger partial charge on any atom is 0.220 e. The molecule has 2 saturated heterocycles. The summed E-state index contributed by atoms with van der Waals surface area (Å²) in [6.45, 7) is 5.56. The van der Waals surface area contributed by atoms with Crippen molar-refractivity contribution in [2.45, 2.75) is 56.8 Å². The van der Waals surface area contributed by atoms with Gasteiger partial charge in [0.05, 0.1) is 29.2 Å². The lowest BCUT2D eigenvalue weighted by Gasteiger charge is -2.51. The van der Waals surface area contributed by atoms with Crippen molar-refractivity contribution in [3.8, 4) is 0 Å². The summed E-state index contributed by atoms with van der Waals surface area (Å²) in [5.41, 5.74) is -0.488. The third-order valence-electron chi connectivity index (χ3n) is 5.95. The molecule has 8 heteroatoms. The summed E-state index contributed by atoms with van der Waals surface area (Å²) in [4.78, 5) is 25.8. The van der Waals surface area contributed by atoms with Crippen molar-refractivity contribution in [2.24, 2.45) is 0 Å². The van der Waals surface area contributed by atoms with Crippen LogP contribution in [-0.2, 0) is 9.53 Å². The van der Waals surface area contributed by atoms with Crippen LogP contribution in [0.5, 0.6) is 0 Å². The molecule has 0 unspecified atom stereocenters. The van der Waals surface area contributed by atoms with Gasteiger partial charge in [-0.15, -0.1) is 0 Å². The fourth-order valence-corrected chi connectivity index (χ4v) is 4.32. The van der Waals surface area contributed by atoms with Gasteiger partial charge in [-0.2, -0.15) is 0 Å². The Labute approximate surface area is 158 Å². The van der Waals surface area contributed by atoms with Crippen LogP contribution >= 0.6 is 0 Å². The first kappa shape index (κ1) is 18.2. The van der Waals surface area contributed by atoms with Crippen LogP contribution < -0.4 is 10.2 Å². The number of hydrogen-bond acceptors (Lipinski definition) is 6. The minimum Gasteiger partial charge on any atom is -0.388 e. The number of nitrogens with one attached hydrogen (secondary N) is 2. The van der Waals surface area contributed by atoms with Crippen LogP contribution in [0, 0.1) is 0 Å². The first-order valence-corrected chi connectivity index (χ1v) is 9.61. The molecule has 0 bridgehead atoms. The van der Waals surface area contributed by atoms with Crippen LogP contribution in [0.4, 0.5) is 5.82 Å².